The number of benzene rings is 1. The molecule has 0 saturated heterocycles. The molecule has 2 aromatic rings. The lowest BCUT2D eigenvalue weighted by Crippen LogP contribution is -2.34. The highest BCUT2D eigenvalue weighted by atomic mass is 35.5. The molecule has 0 aliphatic carbocycles. The van der Waals surface area contributed by atoms with Crippen molar-refractivity contribution in [3.8, 4) is 5.75 Å². The van der Waals surface area contributed by atoms with Gasteiger partial charge >= 0.3 is 13.4 Å². The maximum Gasteiger partial charge on any atom is 0.459 e. The Labute approximate surface area is 201 Å². The van der Waals surface area contributed by atoms with E-state index in [-0.39, 0.29) is 12.6 Å². The Balaban J connectivity index is 1.69. The molecule has 9 nitrogen and oxygen atoms in total. The van der Waals surface area contributed by atoms with Gasteiger partial charge in [0.1, 0.15) is 11.9 Å². The number of rotatable bonds is 12. The quantitative estimate of drug-likeness (QED) is 0.250. The smallest absolute Gasteiger partial charge is 0.413 e. The molecule has 0 fully saturated rings. The fraction of sp³-hybridized carbons (Fsp3) is 0.429. The third-order valence-electron chi connectivity index (χ3n) is 4.86. The van der Waals surface area contributed by atoms with Crippen LogP contribution in [0.3, 0.4) is 0 Å². The fourth-order valence-electron chi connectivity index (χ4n) is 3.16. The molecule has 1 aromatic carbocycles. The van der Waals surface area contributed by atoms with Crippen LogP contribution < -0.4 is 20.9 Å². The average molecular weight is 518 g/mol. The van der Waals surface area contributed by atoms with E-state index in [9.17, 15) is 14.2 Å². The predicted molar refractivity (Wildman–Crippen MR) is 127 cm³/mol. The molecular weight excluding hydrogens is 492 g/mol. The SMILES string of the molecule is Cc1cn([C@H]2C=C[C@@H](COP(=O)(NC(CCCl)CCCl)Oc3ccccc3)O2)c(=O)[nH]c1=O. The Kier molecular flexibility index (Phi) is 9.37. The summed E-state index contributed by atoms with van der Waals surface area (Å²) in [4.78, 5) is 26.0. The molecule has 3 atom stereocenters. The van der Waals surface area contributed by atoms with Gasteiger partial charge in [-0.2, -0.15) is 0 Å². The zero-order valence-electron chi connectivity index (χ0n) is 18.0. The highest BCUT2D eigenvalue weighted by Gasteiger charge is 2.32. The number of alkyl halides is 2. The first-order valence-corrected chi connectivity index (χ1v) is 13.0. The molecule has 0 saturated carbocycles. The molecular formula is C21H26Cl2N3O6P. The van der Waals surface area contributed by atoms with E-state index in [1.807, 2.05) is 6.07 Å². The number of H-pyrrole nitrogens is 1. The van der Waals surface area contributed by atoms with Gasteiger partial charge in [0.25, 0.3) is 5.56 Å². The molecule has 0 spiro atoms. The van der Waals surface area contributed by atoms with Crippen LogP contribution in [-0.4, -0.2) is 40.1 Å². The predicted octanol–water partition coefficient (Wildman–Crippen LogP) is 3.72. The van der Waals surface area contributed by atoms with Crippen molar-refractivity contribution in [1.29, 1.82) is 0 Å². The summed E-state index contributed by atoms with van der Waals surface area (Å²) in [5.74, 6) is 1.08. The lowest BCUT2D eigenvalue weighted by atomic mass is 10.2. The van der Waals surface area contributed by atoms with Crippen LogP contribution in [0, 0.1) is 6.92 Å². The van der Waals surface area contributed by atoms with Crippen molar-refractivity contribution in [2.75, 3.05) is 18.4 Å². The molecule has 1 aliphatic rings. The molecule has 33 heavy (non-hydrogen) atoms. The third-order valence-corrected chi connectivity index (χ3v) is 6.92. The fourth-order valence-corrected chi connectivity index (χ4v) is 5.31. The van der Waals surface area contributed by atoms with E-state index >= 15 is 0 Å². The summed E-state index contributed by atoms with van der Waals surface area (Å²) in [5.41, 5.74) is -0.668. The van der Waals surface area contributed by atoms with E-state index in [1.165, 1.54) is 10.8 Å². The lowest BCUT2D eigenvalue weighted by molar-refractivity contribution is -0.00748. The van der Waals surface area contributed by atoms with Gasteiger partial charge in [0, 0.05) is 29.6 Å². The van der Waals surface area contributed by atoms with Gasteiger partial charge in [0.2, 0.25) is 0 Å². The van der Waals surface area contributed by atoms with E-state index in [2.05, 4.69) is 10.1 Å². The van der Waals surface area contributed by atoms with Gasteiger partial charge < -0.3 is 9.26 Å². The number of hydrogen-bond acceptors (Lipinski definition) is 6. The third kappa shape index (κ3) is 7.30. The highest BCUT2D eigenvalue weighted by molar-refractivity contribution is 7.52. The van der Waals surface area contributed by atoms with Crippen LogP contribution >= 0.6 is 30.9 Å². The topological polar surface area (TPSA) is 112 Å². The Morgan fingerprint density at radius 2 is 1.88 bits per heavy atom. The van der Waals surface area contributed by atoms with E-state index in [0.29, 0.717) is 35.9 Å². The monoisotopic (exact) mass is 517 g/mol. The minimum atomic E-state index is -3.82. The first kappa shape index (κ1) is 25.7. The summed E-state index contributed by atoms with van der Waals surface area (Å²) in [7, 11) is -3.82. The van der Waals surface area contributed by atoms with E-state index in [1.54, 1.807) is 43.3 Å². The number of nitrogens with one attached hydrogen (secondary N) is 2. The van der Waals surface area contributed by atoms with Crippen LogP contribution in [0.15, 0.2) is 58.3 Å². The average Bonchev–Trinajstić information content (AvgIpc) is 3.25. The zero-order chi connectivity index (χ0) is 23.8. The maximum atomic E-state index is 13.6. The molecule has 0 amide bonds. The molecule has 12 heteroatoms. The molecule has 0 bridgehead atoms. The van der Waals surface area contributed by atoms with E-state index < -0.39 is 31.3 Å². The zero-order valence-corrected chi connectivity index (χ0v) is 20.4. The Bertz CT molecular complexity index is 1100. The molecule has 2 N–H and O–H groups in total. The van der Waals surface area contributed by atoms with Crippen LogP contribution in [0.5, 0.6) is 5.75 Å². The normalized spacial score (nSPS) is 19.6. The number of para-hydroxylation sites is 1. The Hall–Kier alpha value is -1.87. The van der Waals surface area contributed by atoms with Gasteiger partial charge in [-0.25, -0.2) is 14.4 Å². The van der Waals surface area contributed by atoms with E-state index in [0.717, 1.165) is 0 Å². The Morgan fingerprint density at radius 1 is 1.18 bits per heavy atom. The molecule has 3 rings (SSSR count). The summed E-state index contributed by atoms with van der Waals surface area (Å²) >= 11 is 11.8. The number of halogens is 2. The molecule has 1 aromatic heterocycles. The minimum absolute atomic E-state index is 0.102. The number of nitrogens with zero attached hydrogens (tertiary/aromatic N) is 1. The largest absolute Gasteiger partial charge is 0.459 e. The number of aromatic nitrogens is 2. The second-order valence-electron chi connectivity index (χ2n) is 7.41. The van der Waals surface area contributed by atoms with Crippen LogP contribution in [0.1, 0.15) is 24.6 Å². The molecule has 180 valence electrons. The van der Waals surface area contributed by atoms with Crippen LogP contribution in [0.2, 0.25) is 0 Å². The van der Waals surface area contributed by atoms with Crippen molar-refractivity contribution >= 4 is 30.9 Å². The maximum absolute atomic E-state index is 13.6. The van der Waals surface area contributed by atoms with Gasteiger partial charge in [-0.05, 0) is 38.0 Å². The van der Waals surface area contributed by atoms with Gasteiger partial charge in [-0.3, -0.25) is 18.9 Å². The van der Waals surface area contributed by atoms with Gasteiger partial charge in [0.05, 0.1) is 6.61 Å². The molecule has 1 aliphatic heterocycles. The number of ether oxygens (including phenoxy) is 1. The van der Waals surface area contributed by atoms with Crippen molar-refractivity contribution < 1.29 is 18.3 Å². The van der Waals surface area contributed by atoms with Crippen LogP contribution in [0.25, 0.3) is 0 Å². The first-order valence-electron chi connectivity index (χ1n) is 10.4. The Morgan fingerprint density at radius 3 is 2.55 bits per heavy atom. The van der Waals surface area contributed by atoms with Crippen molar-refractivity contribution in [1.82, 2.24) is 14.6 Å². The highest BCUT2D eigenvalue weighted by Crippen LogP contribution is 2.46. The summed E-state index contributed by atoms with van der Waals surface area (Å²) in [6, 6.07) is 8.39. The number of aryl methyl sites for hydroxylation is 1. The van der Waals surface area contributed by atoms with E-state index in [4.69, 9.17) is 37.0 Å². The molecule has 1 unspecified atom stereocenters. The summed E-state index contributed by atoms with van der Waals surface area (Å²) < 4.78 is 32.1. The lowest BCUT2D eigenvalue weighted by Gasteiger charge is -2.26. The van der Waals surface area contributed by atoms with Crippen molar-refractivity contribution in [3.63, 3.8) is 0 Å². The van der Waals surface area contributed by atoms with Gasteiger partial charge in [0.15, 0.2) is 6.23 Å². The van der Waals surface area contributed by atoms with Crippen LogP contribution in [0.4, 0.5) is 0 Å². The first-order chi connectivity index (χ1) is 15.8. The standard InChI is InChI=1S/C21H26Cl2N3O6P/c1-15-13-26(21(28)24-20(15)27)19-8-7-18(31-19)14-30-33(29,25-16(9-11-22)10-12-23)32-17-5-3-2-4-6-17/h2-8,13,16,18-19H,9-12,14H2,1H3,(H,25,29)(H,24,27,28)/t18-,19+,33?/m0/s1. The molecule has 2 heterocycles. The molecule has 0 radical (unpaired) electrons. The summed E-state index contributed by atoms with van der Waals surface area (Å²) in [5, 5.41) is 2.94. The second-order valence-corrected chi connectivity index (χ2v) is 9.86. The van der Waals surface area contributed by atoms with Gasteiger partial charge in [-0.15, -0.1) is 23.2 Å². The van der Waals surface area contributed by atoms with Gasteiger partial charge in [-0.1, -0.05) is 24.3 Å². The van der Waals surface area contributed by atoms with Crippen molar-refractivity contribution in [3.05, 3.63) is 75.1 Å². The van der Waals surface area contributed by atoms with Crippen LogP contribution in [-0.2, 0) is 13.8 Å². The number of hydrogen-bond donors (Lipinski definition) is 2. The second kappa shape index (κ2) is 12.0. The van der Waals surface area contributed by atoms with Crippen molar-refractivity contribution in [2.45, 2.75) is 38.1 Å². The van der Waals surface area contributed by atoms with Crippen molar-refractivity contribution in [2.24, 2.45) is 0 Å². The number of aromatic amines is 1. The minimum Gasteiger partial charge on any atom is -0.413 e. The summed E-state index contributed by atoms with van der Waals surface area (Å²) in [6.45, 7) is 1.49. The summed E-state index contributed by atoms with van der Waals surface area (Å²) in [6.07, 6.45) is 4.50.